The van der Waals surface area contributed by atoms with E-state index in [1.165, 1.54) is 19.3 Å². The molecule has 106 valence electrons. The van der Waals surface area contributed by atoms with Gasteiger partial charge in [0.25, 0.3) is 0 Å². The largest absolute Gasteiger partial charge is 0.369 e. The van der Waals surface area contributed by atoms with Crippen LogP contribution in [0.5, 0.6) is 0 Å². The van der Waals surface area contributed by atoms with Crippen molar-refractivity contribution in [1.82, 2.24) is 9.97 Å². The lowest BCUT2D eigenvalue weighted by molar-refractivity contribution is 0.536. The molecule has 0 saturated heterocycles. The first-order chi connectivity index (χ1) is 9.10. The van der Waals surface area contributed by atoms with Crippen molar-refractivity contribution in [3.63, 3.8) is 0 Å². The summed E-state index contributed by atoms with van der Waals surface area (Å²) in [4.78, 5) is 8.93. The highest BCUT2D eigenvalue weighted by atomic mass is 35.5. The summed E-state index contributed by atoms with van der Waals surface area (Å²) in [5.74, 6) is 3.42. The predicted octanol–water partition coefficient (Wildman–Crippen LogP) is 4.24. The minimum Gasteiger partial charge on any atom is -0.369 e. The van der Waals surface area contributed by atoms with Crippen LogP contribution in [0.3, 0.4) is 0 Å². The van der Waals surface area contributed by atoms with Gasteiger partial charge in [0, 0.05) is 18.5 Å². The molecule has 19 heavy (non-hydrogen) atoms. The number of hydrogen-bond donors (Lipinski definition) is 1. The first kappa shape index (κ1) is 14.6. The maximum atomic E-state index is 6.18. The Kier molecular flexibility index (Phi) is 5.03. The van der Waals surface area contributed by atoms with E-state index >= 15 is 0 Å². The van der Waals surface area contributed by atoms with Gasteiger partial charge in [0.15, 0.2) is 0 Å². The van der Waals surface area contributed by atoms with Gasteiger partial charge in [0.1, 0.15) is 16.8 Å². The smallest absolute Gasteiger partial charge is 0.137 e. The molecule has 1 aliphatic rings. The summed E-state index contributed by atoms with van der Waals surface area (Å²) >= 11 is 6.18. The second kappa shape index (κ2) is 6.56. The van der Waals surface area contributed by atoms with Crippen molar-refractivity contribution < 1.29 is 0 Å². The Balaban J connectivity index is 2.02. The molecule has 0 radical (unpaired) electrons. The van der Waals surface area contributed by atoms with Crippen LogP contribution in [0.15, 0.2) is 0 Å². The Hall–Kier alpha value is -0.830. The zero-order valence-corrected chi connectivity index (χ0v) is 12.9. The van der Waals surface area contributed by atoms with Crippen LogP contribution in [0.4, 0.5) is 5.82 Å². The number of halogens is 1. The van der Waals surface area contributed by atoms with Crippen LogP contribution in [0.2, 0.25) is 5.15 Å². The van der Waals surface area contributed by atoms with Gasteiger partial charge in [-0.25, -0.2) is 9.97 Å². The molecule has 1 saturated carbocycles. The molecule has 3 nitrogen and oxygen atoms in total. The number of anilines is 1. The van der Waals surface area contributed by atoms with Crippen molar-refractivity contribution in [2.24, 2.45) is 11.8 Å². The first-order valence-electron chi connectivity index (χ1n) is 7.37. The Labute approximate surface area is 121 Å². The minimum atomic E-state index is 0.584. The van der Waals surface area contributed by atoms with Crippen LogP contribution in [0.1, 0.15) is 50.9 Å². The van der Waals surface area contributed by atoms with E-state index in [4.69, 9.17) is 11.6 Å². The first-order valence-corrected chi connectivity index (χ1v) is 7.74. The second-order valence-electron chi connectivity index (χ2n) is 5.82. The third-order valence-corrected chi connectivity index (χ3v) is 4.34. The third kappa shape index (κ3) is 3.82. The van der Waals surface area contributed by atoms with Gasteiger partial charge in [-0.15, -0.1) is 0 Å². The van der Waals surface area contributed by atoms with Gasteiger partial charge in [0.2, 0.25) is 0 Å². The van der Waals surface area contributed by atoms with Gasteiger partial charge in [-0.1, -0.05) is 31.9 Å². The summed E-state index contributed by atoms with van der Waals surface area (Å²) in [6.07, 6.45) is 5.94. The van der Waals surface area contributed by atoms with E-state index in [1.54, 1.807) is 0 Å². The molecular formula is C15H24ClN3. The van der Waals surface area contributed by atoms with Gasteiger partial charge >= 0.3 is 0 Å². The quantitative estimate of drug-likeness (QED) is 0.821. The van der Waals surface area contributed by atoms with E-state index in [0.29, 0.717) is 5.15 Å². The summed E-state index contributed by atoms with van der Waals surface area (Å²) in [5.41, 5.74) is 0.965. The Morgan fingerprint density at radius 1 is 1.32 bits per heavy atom. The third-order valence-electron chi connectivity index (χ3n) is 3.97. The summed E-state index contributed by atoms with van der Waals surface area (Å²) in [7, 11) is 0. The fraction of sp³-hybridized carbons (Fsp3) is 0.733. The monoisotopic (exact) mass is 281 g/mol. The second-order valence-corrected chi connectivity index (χ2v) is 6.18. The zero-order chi connectivity index (χ0) is 13.8. The van der Waals surface area contributed by atoms with Crippen molar-refractivity contribution in [3.05, 3.63) is 16.5 Å². The minimum absolute atomic E-state index is 0.584. The Bertz CT molecular complexity index is 434. The molecule has 1 fully saturated rings. The van der Waals surface area contributed by atoms with Crippen LogP contribution in [0, 0.1) is 18.8 Å². The molecule has 2 atom stereocenters. The molecule has 1 aliphatic carbocycles. The lowest BCUT2D eigenvalue weighted by atomic mass is 10.1. The van der Waals surface area contributed by atoms with E-state index < -0.39 is 0 Å². The van der Waals surface area contributed by atoms with Gasteiger partial charge in [-0.05, 0) is 38.0 Å². The summed E-state index contributed by atoms with van der Waals surface area (Å²) < 4.78 is 0. The molecule has 0 amide bonds. The van der Waals surface area contributed by atoms with Crippen LogP contribution < -0.4 is 5.32 Å². The average molecular weight is 282 g/mol. The maximum Gasteiger partial charge on any atom is 0.137 e. The number of nitrogens with one attached hydrogen (secondary N) is 1. The number of hydrogen-bond acceptors (Lipinski definition) is 3. The summed E-state index contributed by atoms with van der Waals surface area (Å²) in [5, 5.41) is 4.06. The highest BCUT2D eigenvalue weighted by Crippen LogP contribution is 2.30. The zero-order valence-electron chi connectivity index (χ0n) is 12.2. The molecule has 2 rings (SSSR count). The van der Waals surface area contributed by atoms with Crippen LogP contribution in [-0.2, 0) is 6.42 Å². The molecule has 1 N–H and O–H groups in total. The molecule has 0 aliphatic heterocycles. The fourth-order valence-electron chi connectivity index (χ4n) is 2.79. The van der Waals surface area contributed by atoms with E-state index in [0.717, 1.165) is 48.4 Å². The van der Waals surface area contributed by atoms with Crippen molar-refractivity contribution in [3.8, 4) is 0 Å². The average Bonchev–Trinajstić information content (AvgIpc) is 2.78. The van der Waals surface area contributed by atoms with Crippen LogP contribution in [-0.4, -0.2) is 16.5 Å². The van der Waals surface area contributed by atoms with Crippen LogP contribution >= 0.6 is 11.6 Å². The Morgan fingerprint density at radius 2 is 2.11 bits per heavy atom. The molecule has 1 aromatic heterocycles. The van der Waals surface area contributed by atoms with Gasteiger partial charge in [-0.3, -0.25) is 0 Å². The van der Waals surface area contributed by atoms with E-state index in [-0.39, 0.29) is 0 Å². The molecule has 4 heteroatoms. The van der Waals surface area contributed by atoms with Crippen molar-refractivity contribution in [2.45, 2.75) is 52.9 Å². The van der Waals surface area contributed by atoms with Crippen molar-refractivity contribution >= 4 is 17.4 Å². The molecule has 0 spiro atoms. The molecule has 0 bridgehead atoms. The molecule has 0 aromatic carbocycles. The van der Waals surface area contributed by atoms with E-state index in [1.807, 2.05) is 6.92 Å². The van der Waals surface area contributed by atoms with Gasteiger partial charge in [0.05, 0.1) is 0 Å². The fourth-order valence-corrected chi connectivity index (χ4v) is 2.98. The number of aromatic nitrogens is 2. The molecular weight excluding hydrogens is 258 g/mol. The normalized spacial score (nSPS) is 22.7. The van der Waals surface area contributed by atoms with E-state index in [2.05, 4.69) is 29.1 Å². The number of aryl methyl sites for hydroxylation is 1. The summed E-state index contributed by atoms with van der Waals surface area (Å²) in [6, 6.07) is 0. The van der Waals surface area contributed by atoms with E-state index in [9.17, 15) is 0 Å². The highest BCUT2D eigenvalue weighted by Gasteiger charge is 2.21. The number of nitrogens with zero attached hydrogens (tertiary/aromatic N) is 2. The molecule has 1 aromatic rings. The Morgan fingerprint density at radius 3 is 2.74 bits per heavy atom. The molecule has 1 heterocycles. The lowest BCUT2D eigenvalue weighted by Crippen LogP contribution is -2.14. The maximum absolute atomic E-state index is 6.18. The summed E-state index contributed by atoms with van der Waals surface area (Å²) in [6.45, 7) is 7.46. The molecule has 2 unspecified atom stereocenters. The highest BCUT2D eigenvalue weighted by molar-refractivity contribution is 6.30. The SMILES string of the molecule is CCCc1nc(Cl)c(C)c(NCC2CCC(C)C2)n1. The number of rotatable bonds is 5. The lowest BCUT2D eigenvalue weighted by Gasteiger charge is -2.14. The van der Waals surface area contributed by atoms with Crippen molar-refractivity contribution in [1.29, 1.82) is 0 Å². The van der Waals surface area contributed by atoms with Crippen molar-refractivity contribution in [2.75, 3.05) is 11.9 Å². The topological polar surface area (TPSA) is 37.8 Å². The standard InChI is InChI=1S/C15H24ClN3/c1-4-5-13-18-14(16)11(3)15(19-13)17-9-12-7-6-10(2)8-12/h10,12H,4-9H2,1-3H3,(H,17,18,19). The van der Waals surface area contributed by atoms with Gasteiger partial charge in [-0.2, -0.15) is 0 Å². The predicted molar refractivity (Wildman–Crippen MR) is 80.8 cm³/mol. The van der Waals surface area contributed by atoms with Gasteiger partial charge < -0.3 is 5.32 Å². The van der Waals surface area contributed by atoms with Crippen LogP contribution in [0.25, 0.3) is 0 Å².